The molecule has 2 aliphatic rings. The van der Waals surface area contributed by atoms with Gasteiger partial charge < -0.3 is 30.2 Å². The van der Waals surface area contributed by atoms with Gasteiger partial charge in [0.15, 0.2) is 5.76 Å². The number of amides is 2. The van der Waals surface area contributed by atoms with E-state index in [2.05, 4.69) is 10.3 Å². The molecule has 3 atom stereocenters. The summed E-state index contributed by atoms with van der Waals surface area (Å²) >= 11 is 0. The van der Waals surface area contributed by atoms with Gasteiger partial charge in [-0.2, -0.15) is 26.3 Å². The molecule has 6 rings (SSSR count). The number of carbonyl (C=O) groups excluding carboxylic acids is 2. The van der Waals surface area contributed by atoms with Crippen LogP contribution in [-0.2, 0) is 28.7 Å². The quantitative estimate of drug-likeness (QED) is 0.138. The van der Waals surface area contributed by atoms with E-state index in [1.54, 1.807) is 72.2 Å². The Morgan fingerprint density at radius 2 is 1.79 bits per heavy atom. The first-order chi connectivity index (χ1) is 26.6. The molecule has 1 fully saturated rings. The molecule has 0 unspecified atom stereocenters. The summed E-state index contributed by atoms with van der Waals surface area (Å²) in [7, 11) is 0. The predicted molar refractivity (Wildman–Crippen MR) is 192 cm³/mol. The van der Waals surface area contributed by atoms with Crippen LogP contribution >= 0.6 is 0 Å². The molecule has 2 aromatic heterocycles. The fourth-order valence-corrected chi connectivity index (χ4v) is 6.89. The Morgan fingerprint density at radius 1 is 0.982 bits per heavy atom. The Hall–Kier alpha value is -5.39. The molecule has 0 spiro atoms. The van der Waals surface area contributed by atoms with Gasteiger partial charge in [-0.15, -0.1) is 0 Å². The van der Waals surface area contributed by atoms with Gasteiger partial charge in [0.1, 0.15) is 24.9 Å². The zero-order chi connectivity index (χ0) is 40.0. The van der Waals surface area contributed by atoms with Gasteiger partial charge in [0, 0.05) is 74.7 Å². The summed E-state index contributed by atoms with van der Waals surface area (Å²) in [5.41, 5.74) is 1.53. The fourth-order valence-electron chi connectivity index (χ4n) is 6.89. The molecule has 2 aromatic carbocycles. The molecular weight excluding hydrogens is 746 g/mol. The number of alkyl halides is 6. The number of piperazine rings is 1. The average molecular weight is 787 g/mol. The highest BCUT2D eigenvalue weighted by Crippen LogP contribution is 2.32. The number of carbonyl (C=O) groups is 2. The summed E-state index contributed by atoms with van der Waals surface area (Å²) in [5, 5.41) is 26.8. The van der Waals surface area contributed by atoms with Crippen LogP contribution < -0.4 is 15.4 Å². The topological polar surface area (TPSA) is 132 Å². The van der Waals surface area contributed by atoms with E-state index in [4.69, 9.17) is 4.74 Å². The minimum atomic E-state index is -4.66. The van der Waals surface area contributed by atoms with Crippen molar-refractivity contribution in [1.82, 2.24) is 30.0 Å². The van der Waals surface area contributed by atoms with Crippen LogP contribution in [0, 0.1) is 5.92 Å². The lowest BCUT2D eigenvalue weighted by Gasteiger charge is -2.41. The van der Waals surface area contributed by atoms with Crippen LogP contribution in [0.15, 0.2) is 97.3 Å². The number of aromatic nitrogens is 2. The molecule has 11 nitrogen and oxygen atoms in total. The van der Waals surface area contributed by atoms with Crippen molar-refractivity contribution in [1.29, 1.82) is 0 Å². The Balaban J connectivity index is 1.15. The Kier molecular flexibility index (Phi) is 12.4. The normalized spacial score (nSPS) is 17.8. The summed E-state index contributed by atoms with van der Waals surface area (Å²) in [4.78, 5) is 34.7. The first kappa shape index (κ1) is 40.3. The summed E-state index contributed by atoms with van der Waals surface area (Å²) in [6.07, 6.45) is -3.94. The Bertz CT molecular complexity index is 2020. The average Bonchev–Trinajstić information content (AvgIpc) is 3.63. The molecule has 298 valence electrons. The highest BCUT2D eigenvalue weighted by atomic mass is 19.4. The second kappa shape index (κ2) is 17.2. The Morgan fingerprint density at radius 3 is 2.54 bits per heavy atom. The zero-order valence-corrected chi connectivity index (χ0v) is 29.9. The largest absolute Gasteiger partial charge is 0.507 e. The van der Waals surface area contributed by atoms with Crippen molar-refractivity contribution >= 4 is 17.5 Å². The van der Waals surface area contributed by atoms with Crippen LogP contribution in [0.25, 0.3) is 11.4 Å². The number of β-amino-alcohol motifs (C(OH)–C–C–N with tert-alkyl or cyclic N) is 1. The fraction of sp³-hybridized carbons (Fsp3) is 0.359. The van der Waals surface area contributed by atoms with Crippen LogP contribution in [0.4, 0.5) is 26.3 Å². The number of para-hydroxylation sites is 1. The van der Waals surface area contributed by atoms with Crippen molar-refractivity contribution in [2.24, 2.45) is 5.92 Å². The zero-order valence-electron chi connectivity index (χ0n) is 29.9. The minimum Gasteiger partial charge on any atom is -0.507 e. The standard InChI is InChI=1S/C39H40F6N6O5/c40-38(41,42)24-47-37(55)32-22-49(19-26-10-12-50(20-26)29-7-3-6-28(17-29)39(43,44)45)13-14-51(32)21-30(52)16-27(15-25-5-4-11-46-18-25)36(54)48-35-31-8-1-2-9-34(31)56-23-33(35)53/h1-12,17-18,20,27,30,32,52-53H,13-16,19,21-24H2,(H,47,55)(H,48,54)/t27-,30+,32+/m1/s1. The van der Waals surface area contributed by atoms with Crippen molar-refractivity contribution < 1.29 is 50.9 Å². The van der Waals surface area contributed by atoms with E-state index in [1.807, 2.05) is 10.2 Å². The number of rotatable bonds is 13. The summed E-state index contributed by atoms with van der Waals surface area (Å²) in [5.74, 6) is -1.98. The van der Waals surface area contributed by atoms with Crippen LogP contribution in [0.1, 0.15) is 28.7 Å². The molecule has 56 heavy (non-hydrogen) atoms. The number of ether oxygens (including phenoxy) is 1. The highest BCUT2D eigenvalue weighted by molar-refractivity contribution is 5.90. The second-order valence-electron chi connectivity index (χ2n) is 13.8. The number of fused-ring (bicyclic) bond motifs is 1. The van der Waals surface area contributed by atoms with Crippen molar-refractivity contribution in [3.8, 4) is 11.4 Å². The molecule has 4 aromatic rings. The molecule has 0 bridgehead atoms. The molecule has 17 heteroatoms. The number of halogens is 6. The van der Waals surface area contributed by atoms with Gasteiger partial charge in [-0.3, -0.25) is 24.4 Å². The maximum atomic E-state index is 13.8. The lowest BCUT2D eigenvalue weighted by atomic mass is 9.92. The number of aliphatic hydroxyl groups is 2. The van der Waals surface area contributed by atoms with Crippen LogP contribution in [0.5, 0.6) is 5.75 Å². The number of nitrogens with one attached hydrogen (secondary N) is 2. The lowest BCUT2D eigenvalue weighted by molar-refractivity contribution is -0.143. The first-order valence-electron chi connectivity index (χ1n) is 17.8. The van der Waals surface area contributed by atoms with Gasteiger partial charge in [0.25, 0.3) is 0 Å². The van der Waals surface area contributed by atoms with Crippen molar-refractivity contribution in [3.05, 3.63) is 120 Å². The minimum absolute atomic E-state index is 0.0142. The van der Waals surface area contributed by atoms with Gasteiger partial charge in [-0.25, -0.2) is 0 Å². The second-order valence-corrected chi connectivity index (χ2v) is 13.8. The summed E-state index contributed by atoms with van der Waals surface area (Å²) in [6.45, 7) is -1.11. The maximum Gasteiger partial charge on any atom is 0.416 e. The number of pyridine rings is 1. The molecule has 0 aliphatic carbocycles. The van der Waals surface area contributed by atoms with E-state index >= 15 is 0 Å². The van der Waals surface area contributed by atoms with Crippen molar-refractivity contribution in [3.63, 3.8) is 0 Å². The highest BCUT2D eigenvalue weighted by Gasteiger charge is 2.37. The van der Waals surface area contributed by atoms with E-state index in [0.29, 0.717) is 29.0 Å². The molecule has 4 heterocycles. The van der Waals surface area contributed by atoms with E-state index in [0.717, 1.165) is 12.1 Å². The van der Waals surface area contributed by atoms with Crippen LogP contribution in [0.3, 0.4) is 0 Å². The third-order valence-electron chi connectivity index (χ3n) is 9.61. The maximum absolute atomic E-state index is 13.8. The molecule has 0 radical (unpaired) electrons. The van der Waals surface area contributed by atoms with Gasteiger partial charge in [0.05, 0.1) is 17.4 Å². The molecular formula is C39H40F6N6O5. The van der Waals surface area contributed by atoms with E-state index < -0.39 is 54.3 Å². The third-order valence-corrected chi connectivity index (χ3v) is 9.61. The Labute approximate surface area is 318 Å². The molecule has 2 aliphatic heterocycles. The van der Waals surface area contributed by atoms with Gasteiger partial charge in [0.2, 0.25) is 11.8 Å². The van der Waals surface area contributed by atoms with E-state index in [1.165, 1.54) is 16.7 Å². The smallest absolute Gasteiger partial charge is 0.416 e. The van der Waals surface area contributed by atoms with E-state index in [-0.39, 0.29) is 62.8 Å². The predicted octanol–water partition coefficient (Wildman–Crippen LogP) is 5.10. The first-order valence-corrected chi connectivity index (χ1v) is 17.8. The number of aliphatic hydroxyl groups excluding tert-OH is 2. The van der Waals surface area contributed by atoms with Crippen molar-refractivity contribution in [2.75, 3.05) is 39.3 Å². The molecule has 2 amide bonds. The molecule has 4 N–H and O–H groups in total. The van der Waals surface area contributed by atoms with Crippen LogP contribution in [0.2, 0.25) is 0 Å². The SMILES string of the molecule is O=C(NC1=C(O)COc2ccccc21)[C@H](Cc1cccnc1)C[C@H](O)CN1CCN(Cc2ccn(-c3cccc(C(F)(F)F)c3)c2)C[C@H]1C(=O)NCC(F)(F)F. The van der Waals surface area contributed by atoms with Gasteiger partial charge >= 0.3 is 12.4 Å². The van der Waals surface area contributed by atoms with Crippen LogP contribution in [-0.4, -0.2) is 99.0 Å². The monoisotopic (exact) mass is 786 g/mol. The number of hydrogen-bond donors (Lipinski definition) is 4. The number of nitrogens with zero attached hydrogens (tertiary/aromatic N) is 4. The molecule has 1 saturated heterocycles. The number of hydrogen-bond acceptors (Lipinski definition) is 8. The van der Waals surface area contributed by atoms with E-state index in [9.17, 15) is 46.1 Å². The number of benzene rings is 2. The lowest BCUT2D eigenvalue weighted by Crippen LogP contribution is -2.60. The summed E-state index contributed by atoms with van der Waals surface area (Å²) in [6, 6.07) is 15.7. The van der Waals surface area contributed by atoms with Gasteiger partial charge in [-0.05, 0) is 66.4 Å². The summed E-state index contributed by atoms with van der Waals surface area (Å²) < 4.78 is 86.4. The van der Waals surface area contributed by atoms with Gasteiger partial charge in [-0.1, -0.05) is 24.3 Å². The third kappa shape index (κ3) is 10.5. The molecule has 0 saturated carbocycles. The van der Waals surface area contributed by atoms with Crippen molar-refractivity contribution in [2.45, 2.75) is 43.9 Å².